The molecule has 3 aromatic heterocycles. The number of carbonyl (C=O) groups excluding carboxylic acids is 1. The molecule has 3 aromatic rings. The highest BCUT2D eigenvalue weighted by Crippen LogP contribution is 2.31. The van der Waals surface area contributed by atoms with Crippen molar-refractivity contribution < 1.29 is 4.79 Å². The molecule has 0 saturated heterocycles. The minimum absolute atomic E-state index is 0.139. The van der Waals surface area contributed by atoms with Gasteiger partial charge in [-0.15, -0.1) is 11.3 Å². The number of imidazole rings is 1. The first-order valence-electron chi connectivity index (χ1n) is 7.45. The number of hydrogen-bond acceptors (Lipinski definition) is 5. The summed E-state index contributed by atoms with van der Waals surface area (Å²) in [5.41, 5.74) is 7.21. The van der Waals surface area contributed by atoms with Crippen LogP contribution in [0.25, 0.3) is 10.2 Å². The van der Waals surface area contributed by atoms with Gasteiger partial charge in [0.2, 0.25) is 0 Å². The lowest BCUT2D eigenvalue weighted by atomic mass is 10.2. The van der Waals surface area contributed by atoms with Gasteiger partial charge in [0, 0.05) is 31.7 Å². The Kier molecular flexibility index (Phi) is 4.29. The van der Waals surface area contributed by atoms with Gasteiger partial charge in [0.1, 0.15) is 16.2 Å². The third-order valence-electron chi connectivity index (χ3n) is 3.73. The van der Waals surface area contributed by atoms with Crippen LogP contribution in [0.2, 0.25) is 0 Å². The van der Waals surface area contributed by atoms with Crippen LogP contribution in [0.3, 0.4) is 0 Å². The van der Waals surface area contributed by atoms with E-state index in [9.17, 15) is 4.79 Å². The number of nitrogens with two attached hydrogens (primary N) is 1. The molecule has 1 unspecified atom stereocenters. The topological polar surface area (TPSA) is 85.8 Å². The molecule has 0 bridgehead atoms. The fraction of sp³-hybridized carbons (Fsp3) is 0.312. The summed E-state index contributed by atoms with van der Waals surface area (Å²) < 4.78 is 3.01. The highest BCUT2D eigenvalue weighted by Gasteiger charge is 2.17. The average molecular weight is 329 g/mol. The molecular weight excluding hydrogens is 310 g/mol. The molecule has 0 saturated carbocycles. The van der Waals surface area contributed by atoms with Crippen molar-refractivity contribution in [2.45, 2.75) is 20.4 Å². The Labute approximate surface area is 138 Å². The lowest BCUT2D eigenvalue weighted by molar-refractivity contribution is 0.0951. The van der Waals surface area contributed by atoms with Gasteiger partial charge in [-0.2, -0.15) is 0 Å². The molecule has 3 rings (SSSR count). The third kappa shape index (κ3) is 3.19. The molecule has 0 aliphatic heterocycles. The lowest BCUT2D eigenvalue weighted by Crippen LogP contribution is -2.30. The number of hydrogen-bond donors (Lipinski definition) is 2. The maximum Gasteiger partial charge on any atom is 0.263 e. The Morgan fingerprint density at radius 1 is 1.43 bits per heavy atom. The number of carbonyl (C=O) groups is 1. The van der Waals surface area contributed by atoms with E-state index in [1.165, 1.54) is 11.3 Å². The van der Waals surface area contributed by atoms with Crippen LogP contribution >= 0.6 is 11.3 Å². The zero-order valence-corrected chi connectivity index (χ0v) is 13.9. The molecule has 1 atom stereocenters. The van der Waals surface area contributed by atoms with Gasteiger partial charge in [-0.25, -0.2) is 4.98 Å². The van der Waals surface area contributed by atoms with Crippen molar-refractivity contribution in [3.63, 3.8) is 0 Å². The highest BCUT2D eigenvalue weighted by molar-refractivity contribution is 7.21. The Bertz CT molecular complexity index is 838. The van der Waals surface area contributed by atoms with Crippen molar-refractivity contribution >= 4 is 33.1 Å². The normalized spacial score (nSPS) is 12.4. The Hall–Kier alpha value is -2.41. The van der Waals surface area contributed by atoms with Gasteiger partial charge in [0.15, 0.2) is 0 Å². The molecule has 0 spiro atoms. The van der Waals surface area contributed by atoms with Crippen molar-refractivity contribution in [1.29, 1.82) is 0 Å². The van der Waals surface area contributed by atoms with Crippen LogP contribution in [0, 0.1) is 12.8 Å². The summed E-state index contributed by atoms with van der Waals surface area (Å²) in [5.74, 6) is 1.13. The SMILES string of the molecule is Cc1nccn1CC(C)CNC(=O)c1sc2cccnc2c1N. The smallest absolute Gasteiger partial charge is 0.263 e. The van der Waals surface area contributed by atoms with Crippen molar-refractivity contribution in [1.82, 2.24) is 19.9 Å². The van der Waals surface area contributed by atoms with E-state index in [4.69, 9.17) is 5.73 Å². The second-order valence-electron chi connectivity index (χ2n) is 5.64. The average Bonchev–Trinajstić information content (AvgIpc) is 3.09. The number of aryl methyl sites for hydroxylation is 1. The number of anilines is 1. The summed E-state index contributed by atoms with van der Waals surface area (Å²) in [5, 5.41) is 2.96. The van der Waals surface area contributed by atoms with Crippen LogP contribution < -0.4 is 11.1 Å². The van der Waals surface area contributed by atoms with Gasteiger partial charge in [-0.05, 0) is 25.0 Å². The highest BCUT2D eigenvalue weighted by atomic mass is 32.1. The maximum atomic E-state index is 12.4. The standard InChI is InChI=1S/C16H19N5OS/c1-10(9-21-7-6-18-11(21)2)8-20-16(22)15-13(17)14-12(23-15)4-3-5-19-14/h3-7,10H,8-9,17H2,1-2H3,(H,20,22). The molecule has 6 nitrogen and oxygen atoms in total. The first kappa shape index (κ1) is 15.5. The predicted molar refractivity (Wildman–Crippen MR) is 92.5 cm³/mol. The van der Waals surface area contributed by atoms with E-state index in [0.29, 0.717) is 28.5 Å². The monoisotopic (exact) mass is 329 g/mol. The molecule has 23 heavy (non-hydrogen) atoms. The van der Waals surface area contributed by atoms with Gasteiger partial charge in [-0.1, -0.05) is 6.92 Å². The molecule has 0 fully saturated rings. The summed E-state index contributed by atoms with van der Waals surface area (Å²) in [6.45, 7) is 5.46. The molecule has 0 radical (unpaired) electrons. The Morgan fingerprint density at radius 3 is 2.96 bits per heavy atom. The van der Waals surface area contributed by atoms with E-state index in [0.717, 1.165) is 17.1 Å². The van der Waals surface area contributed by atoms with Crippen molar-refractivity contribution in [3.05, 3.63) is 41.4 Å². The van der Waals surface area contributed by atoms with Gasteiger partial charge < -0.3 is 15.6 Å². The number of fused-ring (bicyclic) bond motifs is 1. The quantitative estimate of drug-likeness (QED) is 0.753. The van der Waals surface area contributed by atoms with Crippen LogP contribution in [0.15, 0.2) is 30.7 Å². The van der Waals surface area contributed by atoms with Crippen molar-refractivity contribution in [3.8, 4) is 0 Å². The molecule has 120 valence electrons. The molecule has 3 N–H and O–H groups in total. The van der Waals surface area contributed by atoms with E-state index in [1.807, 2.05) is 25.3 Å². The minimum atomic E-state index is -0.139. The van der Waals surface area contributed by atoms with Crippen LogP contribution in [-0.4, -0.2) is 27.0 Å². The first-order chi connectivity index (χ1) is 11.1. The van der Waals surface area contributed by atoms with E-state index in [1.54, 1.807) is 12.4 Å². The predicted octanol–water partition coefficient (Wildman–Crippen LogP) is 2.45. The second kappa shape index (κ2) is 6.37. The lowest BCUT2D eigenvalue weighted by Gasteiger charge is -2.14. The second-order valence-corrected chi connectivity index (χ2v) is 6.69. The number of nitrogen functional groups attached to an aromatic ring is 1. The van der Waals surface area contributed by atoms with Crippen LogP contribution in [0.1, 0.15) is 22.4 Å². The number of aromatic nitrogens is 3. The van der Waals surface area contributed by atoms with Crippen LogP contribution in [0.4, 0.5) is 5.69 Å². The number of rotatable bonds is 5. The maximum absolute atomic E-state index is 12.4. The van der Waals surface area contributed by atoms with Crippen LogP contribution in [0.5, 0.6) is 0 Å². The number of pyridine rings is 1. The number of thiophene rings is 1. The number of amides is 1. The summed E-state index contributed by atoms with van der Waals surface area (Å²) in [4.78, 5) is 21.3. The zero-order chi connectivity index (χ0) is 16.4. The summed E-state index contributed by atoms with van der Waals surface area (Å²) in [7, 11) is 0. The van der Waals surface area contributed by atoms with Gasteiger partial charge in [0.25, 0.3) is 5.91 Å². The van der Waals surface area contributed by atoms with Crippen molar-refractivity contribution in [2.75, 3.05) is 12.3 Å². The fourth-order valence-corrected chi connectivity index (χ4v) is 3.46. The van der Waals surface area contributed by atoms with Gasteiger partial charge >= 0.3 is 0 Å². The fourth-order valence-electron chi connectivity index (χ4n) is 2.46. The minimum Gasteiger partial charge on any atom is -0.396 e. The Balaban J connectivity index is 1.64. The summed E-state index contributed by atoms with van der Waals surface area (Å²) in [6.07, 6.45) is 5.41. The van der Waals surface area contributed by atoms with Crippen LogP contribution in [-0.2, 0) is 6.54 Å². The molecule has 0 aromatic carbocycles. The Morgan fingerprint density at radius 2 is 2.26 bits per heavy atom. The van der Waals surface area contributed by atoms with E-state index in [-0.39, 0.29) is 5.91 Å². The number of nitrogens with zero attached hydrogens (tertiary/aromatic N) is 3. The molecule has 0 aliphatic carbocycles. The van der Waals surface area contributed by atoms with Gasteiger partial charge in [0.05, 0.1) is 10.4 Å². The molecule has 3 heterocycles. The molecule has 7 heteroatoms. The third-order valence-corrected chi connectivity index (χ3v) is 4.89. The van der Waals surface area contributed by atoms with E-state index in [2.05, 4.69) is 26.8 Å². The zero-order valence-electron chi connectivity index (χ0n) is 13.1. The number of nitrogens with one attached hydrogen (secondary N) is 1. The van der Waals surface area contributed by atoms with E-state index < -0.39 is 0 Å². The van der Waals surface area contributed by atoms with Crippen molar-refractivity contribution in [2.24, 2.45) is 5.92 Å². The molecule has 1 amide bonds. The largest absolute Gasteiger partial charge is 0.396 e. The summed E-state index contributed by atoms with van der Waals surface area (Å²) in [6, 6.07) is 3.76. The first-order valence-corrected chi connectivity index (χ1v) is 8.27. The van der Waals surface area contributed by atoms with Gasteiger partial charge in [-0.3, -0.25) is 9.78 Å². The molecule has 0 aliphatic rings. The molecular formula is C16H19N5OS. The van der Waals surface area contributed by atoms with E-state index >= 15 is 0 Å². The summed E-state index contributed by atoms with van der Waals surface area (Å²) >= 11 is 1.38.